The molecule has 1 aliphatic heterocycles. The van der Waals surface area contributed by atoms with E-state index in [-0.39, 0.29) is 18.7 Å². The number of esters is 1. The van der Waals surface area contributed by atoms with Crippen molar-refractivity contribution in [3.8, 4) is 0 Å². The number of fused-ring (bicyclic) bond motifs is 1. The maximum absolute atomic E-state index is 12.2. The molecule has 1 N–H and O–H groups in total. The Hall–Kier alpha value is -2.95. The minimum absolute atomic E-state index is 0.0359. The van der Waals surface area contributed by atoms with Crippen LogP contribution in [0.15, 0.2) is 12.5 Å². The number of hydrogen-bond acceptors (Lipinski definition) is 9. The molecule has 1 aliphatic rings. The second-order valence-electron chi connectivity index (χ2n) is 8.43. The summed E-state index contributed by atoms with van der Waals surface area (Å²) in [5.74, 6) is 0.289. The van der Waals surface area contributed by atoms with Crippen LogP contribution >= 0.6 is 0 Å². The lowest BCUT2D eigenvalue weighted by atomic mass is 9.98. The molecule has 2 unspecified atom stereocenters. The minimum Gasteiger partial charge on any atom is -0.468 e. The maximum atomic E-state index is 12.2. The highest BCUT2D eigenvalue weighted by atomic mass is 16.6. The monoisotopic (exact) mass is 434 g/mol. The van der Waals surface area contributed by atoms with Crippen molar-refractivity contribution < 1.29 is 23.8 Å². The molecule has 1 amide bonds. The van der Waals surface area contributed by atoms with Crippen molar-refractivity contribution in [1.29, 1.82) is 0 Å². The Bertz CT molecular complexity index is 924. The van der Waals surface area contributed by atoms with Crippen molar-refractivity contribution in [1.82, 2.24) is 25.1 Å². The van der Waals surface area contributed by atoms with E-state index < -0.39 is 17.7 Å². The predicted molar refractivity (Wildman–Crippen MR) is 113 cm³/mol. The lowest BCUT2D eigenvalue weighted by molar-refractivity contribution is -0.141. The lowest BCUT2D eigenvalue weighted by Crippen LogP contribution is -2.51. The molecule has 1 saturated heterocycles. The molecular weight excluding hydrogens is 404 g/mol. The molecule has 0 aliphatic carbocycles. The van der Waals surface area contributed by atoms with Crippen molar-refractivity contribution >= 4 is 28.9 Å². The maximum Gasteiger partial charge on any atom is 0.407 e. The molecular formula is C20H30N6O5. The van der Waals surface area contributed by atoms with Crippen LogP contribution in [0, 0.1) is 0 Å². The molecule has 2 aromatic heterocycles. The van der Waals surface area contributed by atoms with Gasteiger partial charge in [0, 0.05) is 20.2 Å². The number of rotatable bonds is 6. The highest BCUT2D eigenvalue weighted by Gasteiger charge is 2.32. The molecule has 11 heteroatoms. The zero-order chi connectivity index (χ0) is 22.6. The second kappa shape index (κ2) is 9.46. The Morgan fingerprint density at radius 3 is 2.71 bits per heavy atom. The molecule has 0 saturated carbocycles. The Morgan fingerprint density at radius 1 is 1.26 bits per heavy atom. The normalized spacial score (nSPS) is 19.3. The topological polar surface area (TPSA) is 121 Å². The average molecular weight is 434 g/mol. The van der Waals surface area contributed by atoms with Gasteiger partial charge in [-0.25, -0.2) is 19.4 Å². The van der Waals surface area contributed by atoms with Gasteiger partial charge in [0.2, 0.25) is 0 Å². The standard InChI is InChI=1S/C20H30N6O5/c1-20(2,3)31-19(28)21-9-13-8-14(29-4)6-7-25(13)17-15-10-24-26(11-16(27)30-5)18(15)23-12-22-17/h10,12-14H,6-9,11H2,1-5H3,(H,21,28). The van der Waals surface area contributed by atoms with Crippen LogP contribution in [0.5, 0.6) is 0 Å². The van der Waals surface area contributed by atoms with Gasteiger partial charge < -0.3 is 24.4 Å². The van der Waals surface area contributed by atoms with Crippen LogP contribution < -0.4 is 10.2 Å². The fourth-order valence-corrected chi connectivity index (χ4v) is 3.63. The van der Waals surface area contributed by atoms with Gasteiger partial charge in [-0.3, -0.25) is 4.79 Å². The molecule has 0 aromatic carbocycles. The smallest absolute Gasteiger partial charge is 0.407 e. The highest BCUT2D eigenvalue weighted by molar-refractivity contribution is 5.87. The minimum atomic E-state index is -0.571. The van der Waals surface area contributed by atoms with E-state index in [1.807, 2.05) is 20.8 Å². The summed E-state index contributed by atoms with van der Waals surface area (Å²) in [4.78, 5) is 34.8. The van der Waals surface area contributed by atoms with Gasteiger partial charge in [-0.15, -0.1) is 0 Å². The molecule has 2 atom stereocenters. The van der Waals surface area contributed by atoms with Gasteiger partial charge in [0.25, 0.3) is 0 Å². The molecule has 170 valence electrons. The summed E-state index contributed by atoms with van der Waals surface area (Å²) in [5.41, 5.74) is -0.0264. The third kappa shape index (κ3) is 5.60. The largest absolute Gasteiger partial charge is 0.468 e. The number of hydrogen-bond donors (Lipinski definition) is 1. The lowest BCUT2D eigenvalue weighted by Gasteiger charge is -2.40. The number of carbonyl (C=O) groups excluding carboxylic acids is 2. The molecule has 0 bridgehead atoms. The SMILES string of the molecule is COC(=O)Cn1ncc2c(N3CCC(OC)CC3CNC(=O)OC(C)(C)C)ncnc21. The Morgan fingerprint density at radius 2 is 2.03 bits per heavy atom. The summed E-state index contributed by atoms with van der Waals surface area (Å²) >= 11 is 0. The van der Waals surface area contributed by atoms with Gasteiger partial charge in [-0.1, -0.05) is 0 Å². The predicted octanol–water partition coefficient (Wildman–Crippen LogP) is 1.51. The van der Waals surface area contributed by atoms with Crippen LogP contribution in [0.2, 0.25) is 0 Å². The van der Waals surface area contributed by atoms with Crippen molar-refractivity contribution in [2.45, 2.75) is 57.9 Å². The van der Waals surface area contributed by atoms with Crippen LogP contribution in [-0.2, 0) is 25.5 Å². The summed E-state index contributed by atoms with van der Waals surface area (Å²) in [7, 11) is 3.02. The molecule has 3 heterocycles. The van der Waals surface area contributed by atoms with Gasteiger partial charge in [-0.2, -0.15) is 5.10 Å². The van der Waals surface area contributed by atoms with Gasteiger partial charge in [0.15, 0.2) is 5.65 Å². The van der Waals surface area contributed by atoms with E-state index in [4.69, 9.17) is 14.2 Å². The summed E-state index contributed by atoms with van der Waals surface area (Å²) in [5, 5.41) is 7.86. The second-order valence-corrected chi connectivity index (χ2v) is 8.43. The van der Waals surface area contributed by atoms with Crippen LogP contribution in [0.25, 0.3) is 11.0 Å². The first-order valence-electron chi connectivity index (χ1n) is 10.2. The molecule has 0 radical (unpaired) electrons. The Labute approximate surface area is 181 Å². The van der Waals surface area contributed by atoms with Gasteiger partial charge in [-0.05, 0) is 33.6 Å². The zero-order valence-electron chi connectivity index (χ0n) is 18.6. The first kappa shape index (κ1) is 22.7. The van der Waals surface area contributed by atoms with E-state index in [9.17, 15) is 9.59 Å². The summed E-state index contributed by atoms with van der Waals surface area (Å²) in [6.45, 7) is 6.49. The van der Waals surface area contributed by atoms with Crippen LogP contribution in [-0.4, -0.2) is 76.9 Å². The average Bonchev–Trinajstić information content (AvgIpc) is 3.13. The first-order chi connectivity index (χ1) is 14.7. The number of carbonyl (C=O) groups is 2. The van der Waals surface area contributed by atoms with Crippen LogP contribution in [0.1, 0.15) is 33.6 Å². The quantitative estimate of drug-likeness (QED) is 0.674. The Kier molecular flexibility index (Phi) is 6.94. The van der Waals surface area contributed by atoms with Gasteiger partial charge >= 0.3 is 12.1 Å². The van der Waals surface area contributed by atoms with E-state index in [2.05, 4.69) is 25.3 Å². The molecule has 11 nitrogen and oxygen atoms in total. The van der Waals surface area contributed by atoms with Crippen molar-refractivity contribution in [2.24, 2.45) is 0 Å². The number of aromatic nitrogens is 4. The fourth-order valence-electron chi connectivity index (χ4n) is 3.63. The number of methoxy groups -OCH3 is 2. The summed E-state index contributed by atoms with van der Waals surface area (Å²) in [6.07, 6.45) is 4.25. The van der Waals surface area contributed by atoms with E-state index in [0.29, 0.717) is 31.0 Å². The Balaban J connectivity index is 1.83. The third-order valence-electron chi connectivity index (χ3n) is 5.07. The number of amides is 1. The van der Waals surface area contributed by atoms with Gasteiger partial charge in [0.1, 0.15) is 24.3 Å². The molecule has 31 heavy (non-hydrogen) atoms. The molecule has 0 spiro atoms. The van der Waals surface area contributed by atoms with Crippen molar-refractivity contribution in [2.75, 3.05) is 32.2 Å². The number of alkyl carbamates (subject to hydrolysis) is 1. The van der Waals surface area contributed by atoms with Crippen LogP contribution in [0.3, 0.4) is 0 Å². The number of nitrogens with zero attached hydrogens (tertiary/aromatic N) is 5. The van der Waals surface area contributed by atoms with Gasteiger partial charge in [0.05, 0.1) is 30.8 Å². The van der Waals surface area contributed by atoms with Crippen molar-refractivity contribution in [3.63, 3.8) is 0 Å². The van der Waals surface area contributed by atoms with Crippen LogP contribution in [0.4, 0.5) is 10.6 Å². The number of nitrogens with one attached hydrogen (secondary N) is 1. The molecule has 1 fully saturated rings. The van der Waals surface area contributed by atoms with Crippen molar-refractivity contribution in [3.05, 3.63) is 12.5 Å². The summed E-state index contributed by atoms with van der Waals surface area (Å²) in [6, 6.07) is -0.0618. The zero-order valence-corrected chi connectivity index (χ0v) is 18.6. The molecule has 3 rings (SSSR count). The first-order valence-corrected chi connectivity index (χ1v) is 10.2. The number of anilines is 1. The number of ether oxygens (including phenoxy) is 3. The summed E-state index contributed by atoms with van der Waals surface area (Å²) < 4.78 is 17.1. The van der Waals surface area contributed by atoms with E-state index in [0.717, 1.165) is 11.8 Å². The fraction of sp³-hybridized carbons (Fsp3) is 0.650. The number of piperidine rings is 1. The molecule has 2 aromatic rings. The van der Waals surface area contributed by atoms with E-state index >= 15 is 0 Å². The van der Waals surface area contributed by atoms with E-state index in [1.54, 1.807) is 13.3 Å². The highest BCUT2D eigenvalue weighted by Crippen LogP contribution is 2.29. The van der Waals surface area contributed by atoms with E-state index in [1.165, 1.54) is 18.1 Å². The third-order valence-corrected chi connectivity index (χ3v) is 5.07.